The molecule has 0 radical (unpaired) electrons. The highest BCUT2D eigenvalue weighted by atomic mass is 35.5. The van der Waals surface area contributed by atoms with Crippen LogP contribution in [-0.4, -0.2) is 34.4 Å². The molecule has 0 amide bonds. The van der Waals surface area contributed by atoms with E-state index in [9.17, 15) is 8.42 Å². The summed E-state index contributed by atoms with van der Waals surface area (Å²) < 4.78 is 31.9. The SMILES string of the molecule is CCNCCCCS(=O)(=O)Nc1cc(C)c(Cl)cc1OC. The lowest BCUT2D eigenvalue weighted by atomic mass is 10.2. The van der Waals surface area contributed by atoms with Crippen LogP contribution in [0.5, 0.6) is 5.75 Å². The smallest absolute Gasteiger partial charge is 0.232 e. The third kappa shape index (κ3) is 6.11. The van der Waals surface area contributed by atoms with Gasteiger partial charge in [0.1, 0.15) is 5.75 Å². The topological polar surface area (TPSA) is 67.4 Å². The maximum atomic E-state index is 12.1. The van der Waals surface area contributed by atoms with Gasteiger partial charge in [-0.3, -0.25) is 4.72 Å². The van der Waals surface area contributed by atoms with Crippen LogP contribution in [0, 0.1) is 6.92 Å². The van der Waals surface area contributed by atoms with Crippen LogP contribution in [0.4, 0.5) is 5.69 Å². The Labute approximate surface area is 132 Å². The molecule has 0 heterocycles. The molecule has 0 unspecified atom stereocenters. The van der Waals surface area contributed by atoms with Crippen LogP contribution in [0.3, 0.4) is 0 Å². The fourth-order valence-corrected chi connectivity index (χ4v) is 3.18. The zero-order chi connectivity index (χ0) is 15.9. The summed E-state index contributed by atoms with van der Waals surface area (Å²) in [5.41, 5.74) is 1.22. The number of anilines is 1. The molecule has 120 valence electrons. The zero-order valence-electron chi connectivity index (χ0n) is 12.7. The fourth-order valence-electron chi connectivity index (χ4n) is 1.85. The molecule has 5 nitrogen and oxygen atoms in total. The Morgan fingerprint density at radius 2 is 2.00 bits per heavy atom. The summed E-state index contributed by atoms with van der Waals surface area (Å²) >= 11 is 6.00. The molecule has 0 bridgehead atoms. The molecule has 0 saturated carbocycles. The number of nitrogens with one attached hydrogen (secondary N) is 2. The number of unbranched alkanes of at least 4 members (excludes halogenated alkanes) is 1. The van der Waals surface area contributed by atoms with Crippen molar-refractivity contribution in [1.29, 1.82) is 0 Å². The molecule has 1 aromatic carbocycles. The van der Waals surface area contributed by atoms with Crippen LogP contribution < -0.4 is 14.8 Å². The van der Waals surface area contributed by atoms with Crippen molar-refractivity contribution < 1.29 is 13.2 Å². The Morgan fingerprint density at radius 1 is 1.29 bits per heavy atom. The first-order valence-electron chi connectivity index (χ1n) is 6.95. The van der Waals surface area contributed by atoms with Crippen molar-refractivity contribution in [3.8, 4) is 5.75 Å². The maximum Gasteiger partial charge on any atom is 0.232 e. The molecule has 0 aliphatic heterocycles. The summed E-state index contributed by atoms with van der Waals surface area (Å²) in [5.74, 6) is 0.505. The maximum absolute atomic E-state index is 12.1. The van der Waals surface area contributed by atoms with Crippen molar-refractivity contribution in [2.24, 2.45) is 0 Å². The van der Waals surface area contributed by atoms with Gasteiger partial charge in [-0.1, -0.05) is 18.5 Å². The molecular formula is C14H23ClN2O3S. The Balaban J connectivity index is 2.68. The van der Waals surface area contributed by atoms with Gasteiger partial charge in [-0.15, -0.1) is 0 Å². The lowest BCUT2D eigenvalue weighted by Gasteiger charge is -2.13. The van der Waals surface area contributed by atoms with Gasteiger partial charge < -0.3 is 10.1 Å². The monoisotopic (exact) mass is 334 g/mol. The van der Waals surface area contributed by atoms with Crippen molar-refractivity contribution in [2.75, 3.05) is 30.7 Å². The Bertz CT molecular complexity index is 562. The van der Waals surface area contributed by atoms with Gasteiger partial charge in [0.2, 0.25) is 10.0 Å². The van der Waals surface area contributed by atoms with Crippen LogP contribution >= 0.6 is 11.6 Å². The molecule has 0 fully saturated rings. The van der Waals surface area contributed by atoms with Crippen LogP contribution in [0.2, 0.25) is 5.02 Å². The van der Waals surface area contributed by atoms with E-state index in [0.717, 1.165) is 25.1 Å². The third-order valence-electron chi connectivity index (χ3n) is 3.01. The van der Waals surface area contributed by atoms with Gasteiger partial charge in [-0.05, 0) is 44.5 Å². The standard InChI is InChI=1S/C14H23ClN2O3S/c1-4-16-7-5-6-8-21(18,19)17-13-9-11(2)12(15)10-14(13)20-3/h9-10,16-17H,4-8H2,1-3H3. The molecule has 1 rings (SSSR count). The molecular weight excluding hydrogens is 312 g/mol. The fraction of sp³-hybridized carbons (Fsp3) is 0.571. The quantitative estimate of drug-likeness (QED) is 0.681. The van der Waals surface area contributed by atoms with Crippen LogP contribution in [0.15, 0.2) is 12.1 Å². The second-order valence-electron chi connectivity index (χ2n) is 4.78. The molecule has 21 heavy (non-hydrogen) atoms. The molecule has 2 N–H and O–H groups in total. The predicted molar refractivity (Wildman–Crippen MR) is 87.9 cm³/mol. The number of benzene rings is 1. The lowest BCUT2D eigenvalue weighted by Crippen LogP contribution is -2.19. The molecule has 0 aromatic heterocycles. The van der Waals surface area contributed by atoms with E-state index < -0.39 is 10.0 Å². The normalized spacial score (nSPS) is 11.4. The van der Waals surface area contributed by atoms with E-state index >= 15 is 0 Å². The van der Waals surface area contributed by atoms with Crippen molar-refractivity contribution in [2.45, 2.75) is 26.7 Å². The predicted octanol–water partition coefficient (Wildman–Crippen LogP) is 2.79. The zero-order valence-corrected chi connectivity index (χ0v) is 14.3. The first-order valence-corrected chi connectivity index (χ1v) is 8.98. The number of ether oxygens (including phenoxy) is 1. The Hall–Kier alpha value is -0.980. The van der Waals surface area contributed by atoms with Crippen molar-refractivity contribution >= 4 is 27.3 Å². The second kappa shape index (κ2) is 8.46. The van der Waals surface area contributed by atoms with Crippen molar-refractivity contribution in [3.63, 3.8) is 0 Å². The minimum atomic E-state index is -3.38. The summed E-state index contributed by atoms with van der Waals surface area (Å²) in [6, 6.07) is 3.29. The molecule has 1 aromatic rings. The highest BCUT2D eigenvalue weighted by Crippen LogP contribution is 2.31. The summed E-state index contributed by atoms with van der Waals surface area (Å²) in [6.07, 6.45) is 1.43. The highest BCUT2D eigenvalue weighted by Gasteiger charge is 2.14. The summed E-state index contributed by atoms with van der Waals surface area (Å²) in [5, 5.41) is 3.71. The van der Waals surface area contributed by atoms with E-state index in [0.29, 0.717) is 22.9 Å². The Morgan fingerprint density at radius 3 is 2.62 bits per heavy atom. The Kier molecular flexibility index (Phi) is 7.28. The van der Waals surface area contributed by atoms with E-state index in [-0.39, 0.29) is 5.75 Å². The number of rotatable bonds is 9. The van der Waals surface area contributed by atoms with Crippen molar-refractivity contribution in [3.05, 3.63) is 22.7 Å². The number of hydrogen-bond acceptors (Lipinski definition) is 4. The molecule has 0 aliphatic carbocycles. The average Bonchev–Trinajstić information content (AvgIpc) is 2.42. The van der Waals surface area contributed by atoms with Gasteiger partial charge in [-0.2, -0.15) is 0 Å². The molecule has 0 atom stereocenters. The minimum Gasteiger partial charge on any atom is -0.495 e. The van der Waals surface area contributed by atoms with E-state index in [1.165, 1.54) is 7.11 Å². The average molecular weight is 335 g/mol. The minimum absolute atomic E-state index is 0.0865. The summed E-state index contributed by atoms with van der Waals surface area (Å²) in [7, 11) is -1.90. The lowest BCUT2D eigenvalue weighted by molar-refractivity contribution is 0.417. The van der Waals surface area contributed by atoms with E-state index in [1.807, 2.05) is 13.8 Å². The third-order valence-corrected chi connectivity index (χ3v) is 4.78. The number of sulfonamides is 1. The van der Waals surface area contributed by atoms with E-state index in [2.05, 4.69) is 10.0 Å². The van der Waals surface area contributed by atoms with Crippen LogP contribution in [0.25, 0.3) is 0 Å². The number of halogens is 1. The van der Waals surface area contributed by atoms with Crippen LogP contribution in [0.1, 0.15) is 25.3 Å². The van der Waals surface area contributed by atoms with Crippen molar-refractivity contribution in [1.82, 2.24) is 5.32 Å². The second-order valence-corrected chi connectivity index (χ2v) is 7.03. The van der Waals surface area contributed by atoms with E-state index in [4.69, 9.17) is 16.3 Å². The number of aryl methyl sites for hydroxylation is 1. The van der Waals surface area contributed by atoms with Gasteiger partial charge in [0.15, 0.2) is 0 Å². The largest absolute Gasteiger partial charge is 0.495 e. The van der Waals surface area contributed by atoms with E-state index in [1.54, 1.807) is 12.1 Å². The summed E-state index contributed by atoms with van der Waals surface area (Å²) in [6.45, 7) is 5.56. The first kappa shape index (κ1) is 18.1. The first-order chi connectivity index (χ1) is 9.89. The molecule has 7 heteroatoms. The number of methoxy groups -OCH3 is 1. The highest BCUT2D eigenvalue weighted by molar-refractivity contribution is 7.92. The van der Waals surface area contributed by atoms with Gasteiger partial charge in [0, 0.05) is 11.1 Å². The van der Waals surface area contributed by atoms with Gasteiger partial charge in [0.05, 0.1) is 18.6 Å². The van der Waals surface area contributed by atoms with Gasteiger partial charge in [0.25, 0.3) is 0 Å². The van der Waals surface area contributed by atoms with Gasteiger partial charge >= 0.3 is 0 Å². The summed E-state index contributed by atoms with van der Waals surface area (Å²) in [4.78, 5) is 0. The van der Waals surface area contributed by atoms with Crippen LogP contribution in [-0.2, 0) is 10.0 Å². The number of hydrogen-bond donors (Lipinski definition) is 2. The molecule has 0 spiro atoms. The molecule has 0 aliphatic rings. The van der Waals surface area contributed by atoms with Gasteiger partial charge in [-0.25, -0.2) is 8.42 Å². The molecule has 0 saturated heterocycles.